The van der Waals surface area contributed by atoms with Gasteiger partial charge in [0.15, 0.2) is 0 Å². The van der Waals surface area contributed by atoms with Crippen LogP contribution < -0.4 is 10.6 Å². The largest absolute Gasteiger partial charge is 0.507 e. The summed E-state index contributed by atoms with van der Waals surface area (Å²) < 4.78 is 0. The van der Waals surface area contributed by atoms with Crippen LogP contribution in [0.2, 0.25) is 0 Å². The normalized spacial score (nSPS) is 9.80. The second kappa shape index (κ2) is 5.70. The van der Waals surface area contributed by atoms with E-state index in [4.69, 9.17) is 5.11 Å². The highest BCUT2D eigenvalue weighted by Crippen LogP contribution is 2.22. The molecule has 0 aliphatic rings. The number of hydrogen-bond acceptors (Lipinski definition) is 4. The fraction of sp³-hybridized carbons (Fsp3) is 0. The van der Waals surface area contributed by atoms with Gasteiger partial charge in [0.2, 0.25) is 0 Å². The van der Waals surface area contributed by atoms with Crippen molar-refractivity contribution in [2.75, 3.05) is 10.6 Å². The van der Waals surface area contributed by atoms with E-state index in [0.717, 1.165) is 6.07 Å². The standard InChI is InChI=1S/C13H11N3O4/c17-10-7-8(4-5-9(10)12(18)19)15-13(20)16-11-3-1-2-6-14-11/h1-7,17H,(H,18,19)(H2,14,15,16,20). The molecule has 7 heteroatoms. The van der Waals surface area contributed by atoms with E-state index in [0.29, 0.717) is 5.82 Å². The molecule has 0 bridgehead atoms. The molecule has 4 N–H and O–H groups in total. The predicted octanol–water partition coefficient (Wildman–Crippen LogP) is 2.13. The van der Waals surface area contributed by atoms with Crippen LogP contribution in [0, 0.1) is 0 Å². The minimum atomic E-state index is -1.24. The molecule has 0 saturated carbocycles. The number of pyridine rings is 1. The third-order valence-corrected chi connectivity index (χ3v) is 2.39. The summed E-state index contributed by atoms with van der Waals surface area (Å²) >= 11 is 0. The van der Waals surface area contributed by atoms with Crippen LogP contribution in [-0.4, -0.2) is 27.2 Å². The van der Waals surface area contributed by atoms with E-state index in [1.54, 1.807) is 18.2 Å². The predicted molar refractivity (Wildman–Crippen MR) is 71.9 cm³/mol. The summed E-state index contributed by atoms with van der Waals surface area (Å²) in [7, 11) is 0. The van der Waals surface area contributed by atoms with Crippen molar-refractivity contribution in [1.29, 1.82) is 0 Å². The molecule has 2 amide bonds. The Labute approximate surface area is 113 Å². The molecule has 2 aromatic rings. The minimum absolute atomic E-state index is 0.235. The van der Waals surface area contributed by atoms with Gasteiger partial charge in [-0.05, 0) is 24.3 Å². The zero-order valence-electron chi connectivity index (χ0n) is 10.2. The maximum absolute atomic E-state index is 11.7. The average Bonchev–Trinajstić information content (AvgIpc) is 2.39. The van der Waals surface area contributed by atoms with E-state index >= 15 is 0 Å². The third kappa shape index (κ3) is 3.22. The van der Waals surface area contributed by atoms with Gasteiger partial charge in [-0.15, -0.1) is 0 Å². The van der Waals surface area contributed by atoms with Gasteiger partial charge in [-0.3, -0.25) is 5.32 Å². The number of nitrogens with zero attached hydrogens (tertiary/aromatic N) is 1. The Balaban J connectivity index is 2.05. The molecule has 0 atom stereocenters. The van der Waals surface area contributed by atoms with E-state index in [1.807, 2.05) is 0 Å². The van der Waals surface area contributed by atoms with Crippen molar-refractivity contribution >= 4 is 23.5 Å². The van der Waals surface area contributed by atoms with Crippen LogP contribution in [-0.2, 0) is 0 Å². The van der Waals surface area contributed by atoms with Crippen LogP contribution in [0.3, 0.4) is 0 Å². The lowest BCUT2D eigenvalue weighted by Gasteiger charge is -2.08. The number of carboxylic acids is 1. The average molecular weight is 273 g/mol. The number of carbonyl (C=O) groups excluding carboxylic acids is 1. The number of carboxylic acid groups (broad SMARTS) is 1. The molecule has 0 fully saturated rings. The molecule has 0 unspecified atom stereocenters. The Morgan fingerprint density at radius 1 is 1.10 bits per heavy atom. The summed E-state index contributed by atoms with van der Waals surface area (Å²) in [4.78, 5) is 26.3. The Morgan fingerprint density at radius 3 is 2.50 bits per heavy atom. The number of aromatic hydroxyl groups is 1. The van der Waals surface area contributed by atoms with Gasteiger partial charge in [0.25, 0.3) is 0 Å². The lowest BCUT2D eigenvalue weighted by molar-refractivity contribution is 0.0694. The first-order valence-electron chi connectivity index (χ1n) is 5.61. The monoisotopic (exact) mass is 273 g/mol. The van der Waals surface area contributed by atoms with Gasteiger partial charge < -0.3 is 15.5 Å². The Hall–Kier alpha value is -3.09. The summed E-state index contributed by atoms with van der Waals surface area (Å²) in [5.74, 6) is -1.29. The number of aromatic carboxylic acids is 1. The van der Waals surface area contributed by atoms with Gasteiger partial charge >= 0.3 is 12.0 Å². The number of aromatic nitrogens is 1. The van der Waals surface area contributed by atoms with Gasteiger partial charge in [0.05, 0.1) is 0 Å². The van der Waals surface area contributed by atoms with Crippen molar-refractivity contribution < 1.29 is 19.8 Å². The Kier molecular flexibility index (Phi) is 3.80. The van der Waals surface area contributed by atoms with E-state index in [9.17, 15) is 14.7 Å². The van der Waals surface area contributed by atoms with Crippen molar-refractivity contribution in [3.05, 3.63) is 48.2 Å². The number of hydrogen-bond donors (Lipinski definition) is 4. The summed E-state index contributed by atoms with van der Waals surface area (Å²) in [6.07, 6.45) is 1.53. The lowest BCUT2D eigenvalue weighted by atomic mass is 10.2. The zero-order chi connectivity index (χ0) is 14.5. The highest BCUT2D eigenvalue weighted by Gasteiger charge is 2.11. The molecule has 7 nitrogen and oxygen atoms in total. The molecule has 1 aromatic carbocycles. The smallest absolute Gasteiger partial charge is 0.339 e. The van der Waals surface area contributed by atoms with Crippen LogP contribution in [0.15, 0.2) is 42.6 Å². The molecule has 102 valence electrons. The SMILES string of the molecule is O=C(Nc1ccc(C(=O)O)c(O)c1)Nc1ccccn1. The summed E-state index contributed by atoms with van der Waals surface area (Å²) in [6.45, 7) is 0. The van der Waals surface area contributed by atoms with Crippen LogP contribution in [0.1, 0.15) is 10.4 Å². The Morgan fingerprint density at radius 2 is 1.90 bits per heavy atom. The topological polar surface area (TPSA) is 112 Å². The summed E-state index contributed by atoms with van der Waals surface area (Å²) in [6, 6.07) is 8.23. The lowest BCUT2D eigenvalue weighted by Crippen LogP contribution is -2.20. The second-order valence-corrected chi connectivity index (χ2v) is 3.83. The quantitative estimate of drug-likeness (QED) is 0.684. The van der Waals surface area contributed by atoms with E-state index in [-0.39, 0.29) is 11.3 Å². The molecule has 0 radical (unpaired) electrons. The van der Waals surface area contributed by atoms with Crippen molar-refractivity contribution in [2.45, 2.75) is 0 Å². The number of carbonyl (C=O) groups is 2. The fourth-order valence-corrected chi connectivity index (χ4v) is 1.51. The van der Waals surface area contributed by atoms with Crippen LogP contribution >= 0.6 is 0 Å². The fourth-order valence-electron chi connectivity index (χ4n) is 1.51. The maximum Gasteiger partial charge on any atom is 0.339 e. The number of urea groups is 1. The molecule has 0 saturated heterocycles. The molecule has 0 spiro atoms. The van der Waals surface area contributed by atoms with Crippen molar-refractivity contribution in [1.82, 2.24) is 4.98 Å². The molecule has 1 heterocycles. The molecule has 0 aliphatic carbocycles. The number of anilines is 2. The number of amides is 2. The maximum atomic E-state index is 11.7. The number of benzene rings is 1. The molecule has 2 rings (SSSR count). The van der Waals surface area contributed by atoms with Gasteiger partial charge in [0.1, 0.15) is 17.1 Å². The molecule has 0 aliphatic heterocycles. The van der Waals surface area contributed by atoms with Gasteiger partial charge in [-0.25, -0.2) is 14.6 Å². The first-order chi connectivity index (χ1) is 9.56. The number of nitrogens with one attached hydrogen (secondary N) is 2. The van der Waals surface area contributed by atoms with Gasteiger partial charge in [0, 0.05) is 18.0 Å². The molecule has 1 aromatic heterocycles. The second-order valence-electron chi connectivity index (χ2n) is 3.83. The van der Waals surface area contributed by atoms with Gasteiger partial charge in [-0.1, -0.05) is 6.07 Å². The van der Waals surface area contributed by atoms with Crippen LogP contribution in [0.4, 0.5) is 16.3 Å². The van der Waals surface area contributed by atoms with E-state index in [2.05, 4.69) is 15.6 Å². The minimum Gasteiger partial charge on any atom is -0.507 e. The summed E-state index contributed by atoms with van der Waals surface area (Å²) in [5.41, 5.74) is 0.0293. The highest BCUT2D eigenvalue weighted by molar-refractivity contribution is 6.00. The third-order valence-electron chi connectivity index (χ3n) is 2.39. The Bertz CT molecular complexity index is 643. The summed E-state index contributed by atoms with van der Waals surface area (Å²) in [5, 5.41) is 23.2. The molecular formula is C13H11N3O4. The highest BCUT2D eigenvalue weighted by atomic mass is 16.4. The number of rotatable bonds is 3. The van der Waals surface area contributed by atoms with Crippen LogP contribution in [0.25, 0.3) is 0 Å². The van der Waals surface area contributed by atoms with Crippen molar-refractivity contribution in [3.63, 3.8) is 0 Å². The molecule has 20 heavy (non-hydrogen) atoms. The van der Waals surface area contributed by atoms with Crippen molar-refractivity contribution in [2.24, 2.45) is 0 Å². The van der Waals surface area contributed by atoms with Crippen LogP contribution in [0.5, 0.6) is 5.75 Å². The first-order valence-corrected chi connectivity index (χ1v) is 5.61. The van der Waals surface area contributed by atoms with Crippen molar-refractivity contribution in [3.8, 4) is 5.75 Å². The molecular weight excluding hydrogens is 262 g/mol. The van der Waals surface area contributed by atoms with E-state index < -0.39 is 17.7 Å². The first kappa shape index (κ1) is 13.3. The van der Waals surface area contributed by atoms with E-state index in [1.165, 1.54) is 18.3 Å². The number of phenols is 1. The van der Waals surface area contributed by atoms with Gasteiger partial charge in [-0.2, -0.15) is 0 Å². The zero-order valence-corrected chi connectivity index (χ0v) is 10.2.